The van der Waals surface area contributed by atoms with E-state index in [4.69, 9.17) is 0 Å². The quantitative estimate of drug-likeness (QED) is 0.661. The van der Waals surface area contributed by atoms with Crippen molar-refractivity contribution in [1.82, 2.24) is 35.0 Å². The van der Waals surface area contributed by atoms with E-state index in [1.165, 1.54) is 34.8 Å². The first kappa shape index (κ1) is 18.2. The van der Waals surface area contributed by atoms with Crippen LogP contribution in [0.2, 0.25) is 0 Å². The molecule has 1 aromatic carbocycles. The molecule has 9 heteroatoms. The van der Waals surface area contributed by atoms with Crippen molar-refractivity contribution in [3.05, 3.63) is 66.0 Å². The summed E-state index contributed by atoms with van der Waals surface area (Å²) < 4.78 is 15.2. The average Bonchev–Trinajstić information content (AvgIpc) is 3.27. The zero-order valence-electron chi connectivity index (χ0n) is 15.3. The molecule has 1 aliphatic rings. The highest BCUT2D eigenvalue weighted by Gasteiger charge is 2.25. The molecule has 0 unspecified atom stereocenters. The lowest BCUT2D eigenvalue weighted by atomic mass is 10.1. The monoisotopic (exact) mass is 381 g/mol. The average molecular weight is 381 g/mol. The Labute approximate surface area is 161 Å². The topological polar surface area (TPSA) is 80.0 Å². The molecule has 0 bridgehead atoms. The molecule has 1 aliphatic heterocycles. The summed E-state index contributed by atoms with van der Waals surface area (Å²) in [5.41, 5.74) is 1.98. The van der Waals surface area contributed by atoms with Crippen LogP contribution in [0.25, 0.3) is 5.69 Å². The lowest BCUT2D eigenvalue weighted by Gasteiger charge is -2.35. The lowest BCUT2D eigenvalue weighted by molar-refractivity contribution is 0.0638. The Kier molecular flexibility index (Phi) is 5.34. The van der Waals surface area contributed by atoms with Crippen molar-refractivity contribution in [3.8, 4) is 5.69 Å². The highest BCUT2D eigenvalue weighted by atomic mass is 19.1. The van der Waals surface area contributed by atoms with E-state index in [1.807, 2.05) is 12.1 Å². The molecule has 0 radical (unpaired) electrons. The van der Waals surface area contributed by atoms with Gasteiger partial charge >= 0.3 is 0 Å². The number of hydrogen-bond donors (Lipinski definition) is 0. The number of pyridine rings is 1. The molecule has 4 rings (SSSR count). The number of carbonyl (C=O) groups excluding carboxylic acids is 1. The van der Waals surface area contributed by atoms with Crippen LogP contribution in [-0.4, -0.2) is 73.6 Å². The van der Waals surface area contributed by atoms with E-state index in [9.17, 15) is 9.18 Å². The van der Waals surface area contributed by atoms with Gasteiger partial charge in [0.25, 0.3) is 5.91 Å². The maximum atomic E-state index is 13.8. The minimum Gasteiger partial charge on any atom is -0.336 e. The minimum absolute atomic E-state index is 0.209. The number of rotatable bonds is 5. The second-order valence-corrected chi connectivity index (χ2v) is 6.66. The van der Waals surface area contributed by atoms with Gasteiger partial charge in [0.05, 0.1) is 11.3 Å². The molecule has 1 saturated heterocycles. The molecule has 1 fully saturated rings. The Morgan fingerprint density at radius 3 is 2.57 bits per heavy atom. The number of carbonyl (C=O) groups is 1. The summed E-state index contributed by atoms with van der Waals surface area (Å²) in [6.07, 6.45) is 5.94. The Morgan fingerprint density at radius 1 is 1.07 bits per heavy atom. The first-order chi connectivity index (χ1) is 13.7. The van der Waals surface area contributed by atoms with Gasteiger partial charge in [-0.15, -0.1) is 5.10 Å². The van der Waals surface area contributed by atoms with E-state index in [-0.39, 0.29) is 11.5 Å². The van der Waals surface area contributed by atoms with Crippen LogP contribution < -0.4 is 0 Å². The predicted octanol–water partition coefficient (Wildman–Crippen LogP) is 1.20. The number of piperazine rings is 1. The number of halogens is 1. The molecule has 28 heavy (non-hydrogen) atoms. The van der Waals surface area contributed by atoms with Crippen LogP contribution in [0.3, 0.4) is 0 Å². The summed E-state index contributed by atoms with van der Waals surface area (Å²) in [6, 6.07) is 8.10. The summed E-state index contributed by atoms with van der Waals surface area (Å²) in [5.74, 6) is -0.671. The first-order valence-electron chi connectivity index (χ1n) is 9.14. The van der Waals surface area contributed by atoms with Crippen molar-refractivity contribution >= 4 is 5.91 Å². The summed E-state index contributed by atoms with van der Waals surface area (Å²) in [6.45, 7) is 3.70. The fourth-order valence-electron chi connectivity index (χ4n) is 3.33. The molecule has 8 nitrogen and oxygen atoms in total. The van der Waals surface area contributed by atoms with Gasteiger partial charge in [-0.2, -0.15) is 4.68 Å². The molecular formula is C19H20FN7O. The van der Waals surface area contributed by atoms with Crippen LogP contribution in [0, 0.1) is 5.82 Å². The van der Waals surface area contributed by atoms with Crippen molar-refractivity contribution in [1.29, 1.82) is 0 Å². The zero-order chi connectivity index (χ0) is 19.3. The van der Waals surface area contributed by atoms with Gasteiger partial charge in [-0.25, -0.2) is 4.39 Å². The van der Waals surface area contributed by atoms with Crippen LogP contribution >= 0.6 is 0 Å². The third-order valence-electron chi connectivity index (χ3n) is 4.91. The van der Waals surface area contributed by atoms with Crippen LogP contribution in [0.15, 0.2) is 49.1 Å². The largest absolute Gasteiger partial charge is 0.336 e. The van der Waals surface area contributed by atoms with E-state index in [0.717, 1.165) is 26.1 Å². The maximum Gasteiger partial charge on any atom is 0.256 e. The van der Waals surface area contributed by atoms with Crippen LogP contribution in [0.5, 0.6) is 0 Å². The van der Waals surface area contributed by atoms with Crippen LogP contribution in [-0.2, 0) is 6.42 Å². The SMILES string of the molecule is O=C(c1cc(F)ccc1-n1cnnn1)N1CCN(CCc2ccncc2)CC1. The highest BCUT2D eigenvalue weighted by Crippen LogP contribution is 2.18. The Morgan fingerprint density at radius 2 is 1.86 bits per heavy atom. The lowest BCUT2D eigenvalue weighted by Crippen LogP contribution is -2.49. The van der Waals surface area contributed by atoms with Gasteiger partial charge in [0.1, 0.15) is 12.1 Å². The van der Waals surface area contributed by atoms with Gasteiger partial charge in [0.2, 0.25) is 0 Å². The molecule has 0 N–H and O–H groups in total. The van der Waals surface area contributed by atoms with Gasteiger partial charge in [-0.3, -0.25) is 14.7 Å². The molecule has 2 aromatic heterocycles. The van der Waals surface area contributed by atoms with Crippen molar-refractivity contribution in [2.45, 2.75) is 6.42 Å². The van der Waals surface area contributed by atoms with Gasteiger partial charge in [-0.05, 0) is 52.7 Å². The van der Waals surface area contributed by atoms with E-state index in [2.05, 4.69) is 25.4 Å². The summed E-state index contributed by atoms with van der Waals surface area (Å²) in [5, 5.41) is 11.0. The summed E-state index contributed by atoms with van der Waals surface area (Å²) >= 11 is 0. The number of aromatic nitrogens is 5. The van der Waals surface area contributed by atoms with Crippen molar-refractivity contribution in [3.63, 3.8) is 0 Å². The fourth-order valence-corrected chi connectivity index (χ4v) is 3.33. The second kappa shape index (κ2) is 8.22. The van der Waals surface area contributed by atoms with Gasteiger partial charge in [0, 0.05) is 45.1 Å². The third-order valence-corrected chi connectivity index (χ3v) is 4.91. The van der Waals surface area contributed by atoms with E-state index in [1.54, 1.807) is 17.3 Å². The number of hydrogen-bond acceptors (Lipinski definition) is 6. The van der Waals surface area contributed by atoms with Crippen LogP contribution in [0.4, 0.5) is 4.39 Å². The molecule has 0 aliphatic carbocycles. The molecule has 144 valence electrons. The molecule has 3 heterocycles. The van der Waals surface area contributed by atoms with Gasteiger partial charge < -0.3 is 4.90 Å². The van der Waals surface area contributed by atoms with Crippen molar-refractivity contribution < 1.29 is 9.18 Å². The molecule has 0 saturated carbocycles. The summed E-state index contributed by atoms with van der Waals surface area (Å²) in [4.78, 5) is 21.1. The molecule has 0 spiro atoms. The highest BCUT2D eigenvalue weighted by molar-refractivity contribution is 5.97. The third kappa shape index (κ3) is 4.04. The minimum atomic E-state index is -0.462. The number of amides is 1. The standard InChI is InChI=1S/C19H20FN7O/c20-16-1-2-18(27-14-22-23-24-27)17(13-16)19(28)26-11-9-25(10-12-26)8-5-15-3-6-21-7-4-15/h1-4,6-7,13-14H,5,8-12H2. The summed E-state index contributed by atoms with van der Waals surface area (Å²) in [7, 11) is 0. The first-order valence-corrected chi connectivity index (χ1v) is 9.14. The normalized spacial score (nSPS) is 15.0. The van der Waals surface area contributed by atoms with E-state index < -0.39 is 5.82 Å². The smallest absolute Gasteiger partial charge is 0.256 e. The Balaban J connectivity index is 1.40. The molecule has 3 aromatic rings. The van der Waals surface area contributed by atoms with E-state index >= 15 is 0 Å². The Hall–Kier alpha value is -3.20. The number of nitrogens with zero attached hydrogens (tertiary/aromatic N) is 7. The predicted molar refractivity (Wildman–Crippen MR) is 99.4 cm³/mol. The Bertz CT molecular complexity index is 925. The van der Waals surface area contributed by atoms with Crippen LogP contribution in [0.1, 0.15) is 15.9 Å². The fraction of sp³-hybridized carbons (Fsp3) is 0.316. The zero-order valence-corrected chi connectivity index (χ0v) is 15.3. The van der Waals surface area contributed by atoms with Crippen molar-refractivity contribution in [2.24, 2.45) is 0 Å². The number of benzene rings is 1. The molecular weight excluding hydrogens is 361 g/mol. The number of tetrazole rings is 1. The van der Waals surface area contributed by atoms with Crippen molar-refractivity contribution in [2.75, 3.05) is 32.7 Å². The second-order valence-electron chi connectivity index (χ2n) is 6.66. The van der Waals surface area contributed by atoms with Gasteiger partial charge in [-0.1, -0.05) is 0 Å². The molecule has 1 amide bonds. The maximum absolute atomic E-state index is 13.8. The van der Waals surface area contributed by atoms with Gasteiger partial charge in [0.15, 0.2) is 0 Å². The van der Waals surface area contributed by atoms with E-state index in [0.29, 0.717) is 18.8 Å². The molecule has 0 atom stereocenters.